The molecule has 0 N–H and O–H groups in total. The van der Waals surface area contributed by atoms with Crippen molar-refractivity contribution >= 4 is 0 Å². The molecule has 0 fully saturated rings. The first-order valence-electron chi connectivity index (χ1n) is 5.21. The lowest BCUT2D eigenvalue weighted by atomic mass is 10.2. The van der Waals surface area contributed by atoms with Gasteiger partial charge in [0.25, 0.3) is 0 Å². The summed E-state index contributed by atoms with van der Waals surface area (Å²) in [7, 11) is 0. The van der Waals surface area contributed by atoms with Gasteiger partial charge in [0.05, 0.1) is 17.1 Å². The molecule has 0 unspecified atom stereocenters. The monoisotopic (exact) mass is 206 g/mol. The van der Waals surface area contributed by atoms with Crippen LogP contribution >= 0.6 is 0 Å². The van der Waals surface area contributed by atoms with Crippen LogP contribution in [0, 0.1) is 0 Å². The van der Waals surface area contributed by atoms with Crippen molar-refractivity contribution in [2.24, 2.45) is 0 Å². The van der Waals surface area contributed by atoms with E-state index in [2.05, 4.69) is 22.1 Å². The highest BCUT2D eigenvalue weighted by Crippen LogP contribution is 2.26. The molecule has 0 aromatic carbocycles. The minimum Gasteiger partial charge on any atom is -0.255 e. The third-order valence-electron chi connectivity index (χ3n) is 2.51. The number of hydrogen-bond donors (Lipinski definition) is 0. The molecule has 0 saturated carbocycles. The molecular weight excluding hydrogens is 196 g/mol. The fourth-order valence-corrected chi connectivity index (χ4v) is 1.73. The number of nitrogens with zero attached hydrogens (tertiary/aromatic N) is 2. The largest absolute Gasteiger partial charge is 0.255 e. The summed E-state index contributed by atoms with van der Waals surface area (Å²) in [6, 6.07) is 18.0. The summed E-state index contributed by atoms with van der Waals surface area (Å²) >= 11 is 0. The summed E-state index contributed by atoms with van der Waals surface area (Å²) in [5.41, 5.74) is 4.00. The van der Waals surface area contributed by atoms with Gasteiger partial charge in [-0.3, -0.25) is 4.98 Å². The summed E-state index contributed by atoms with van der Waals surface area (Å²) in [6.07, 6.45) is 1.79. The van der Waals surface area contributed by atoms with E-state index in [1.165, 1.54) is 0 Å². The van der Waals surface area contributed by atoms with Gasteiger partial charge in [-0.2, -0.15) is 0 Å². The van der Waals surface area contributed by atoms with Crippen LogP contribution < -0.4 is 0 Å². The summed E-state index contributed by atoms with van der Waals surface area (Å²) in [5, 5.41) is 0. The lowest BCUT2D eigenvalue weighted by Crippen LogP contribution is -1.80. The lowest BCUT2D eigenvalue weighted by molar-refractivity contribution is 1.28. The van der Waals surface area contributed by atoms with Crippen molar-refractivity contribution in [2.75, 3.05) is 0 Å². The third kappa shape index (κ3) is 1.54. The zero-order valence-electron chi connectivity index (χ0n) is 8.67. The molecule has 0 saturated heterocycles. The van der Waals surface area contributed by atoms with E-state index in [9.17, 15) is 0 Å². The number of rotatable bonds is 1. The fourth-order valence-electron chi connectivity index (χ4n) is 1.73. The highest BCUT2D eigenvalue weighted by molar-refractivity contribution is 5.71. The van der Waals surface area contributed by atoms with Gasteiger partial charge in [0.1, 0.15) is 0 Å². The summed E-state index contributed by atoms with van der Waals surface area (Å²) in [5.74, 6) is 0. The molecule has 2 heterocycles. The van der Waals surface area contributed by atoms with Crippen molar-refractivity contribution in [3.8, 4) is 22.6 Å². The maximum atomic E-state index is 4.56. The minimum atomic E-state index is 0.918. The van der Waals surface area contributed by atoms with Crippen LogP contribution in [0.5, 0.6) is 0 Å². The average molecular weight is 206 g/mol. The Labute approximate surface area is 94.0 Å². The molecular formula is C14H10N2. The molecule has 1 aliphatic carbocycles. The maximum absolute atomic E-state index is 4.56. The molecule has 0 bridgehead atoms. The van der Waals surface area contributed by atoms with Gasteiger partial charge in [0.2, 0.25) is 0 Å². The SMILES string of the molecule is c1ccc2cc(-c3ccccn3)nc-2cc1. The molecule has 16 heavy (non-hydrogen) atoms. The molecule has 76 valence electrons. The normalized spacial score (nSPS) is 10.5. The molecule has 1 aliphatic heterocycles. The van der Waals surface area contributed by atoms with Gasteiger partial charge in [-0.05, 0) is 24.3 Å². The molecule has 0 amide bonds. The third-order valence-corrected chi connectivity index (χ3v) is 2.51. The van der Waals surface area contributed by atoms with Gasteiger partial charge in [-0.15, -0.1) is 0 Å². The van der Waals surface area contributed by atoms with E-state index in [4.69, 9.17) is 0 Å². The second kappa shape index (κ2) is 3.74. The topological polar surface area (TPSA) is 25.8 Å². The molecule has 0 spiro atoms. The van der Waals surface area contributed by atoms with Crippen LogP contribution in [-0.2, 0) is 0 Å². The van der Waals surface area contributed by atoms with E-state index in [0.717, 1.165) is 22.6 Å². The van der Waals surface area contributed by atoms with Crippen molar-refractivity contribution in [1.82, 2.24) is 9.97 Å². The van der Waals surface area contributed by atoms with E-state index in [-0.39, 0.29) is 0 Å². The van der Waals surface area contributed by atoms with Crippen molar-refractivity contribution < 1.29 is 0 Å². The summed E-state index contributed by atoms with van der Waals surface area (Å²) in [6.45, 7) is 0. The fraction of sp³-hybridized carbons (Fsp3) is 0. The van der Waals surface area contributed by atoms with Gasteiger partial charge in [-0.25, -0.2) is 4.98 Å². The van der Waals surface area contributed by atoms with Gasteiger partial charge in [0, 0.05) is 11.8 Å². The predicted molar refractivity (Wildman–Crippen MR) is 64.1 cm³/mol. The quantitative estimate of drug-likeness (QED) is 0.610. The van der Waals surface area contributed by atoms with Crippen molar-refractivity contribution in [1.29, 1.82) is 0 Å². The number of aromatic nitrogens is 2. The van der Waals surface area contributed by atoms with Crippen molar-refractivity contribution in [3.63, 3.8) is 0 Å². The number of hydrogen-bond acceptors (Lipinski definition) is 2. The first-order valence-corrected chi connectivity index (χ1v) is 5.21. The molecule has 2 aliphatic rings. The van der Waals surface area contributed by atoms with Gasteiger partial charge in [0.15, 0.2) is 0 Å². The Morgan fingerprint density at radius 1 is 0.688 bits per heavy atom. The van der Waals surface area contributed by atoms with Crippen LogP contribution in [0.1, 0.15) is 0 Å². The summed E-state index contributed by atoms with van der Waals surface area (Å²) in [4.78, 5) is 8.86. The predicted octanol–water partition coefficient (Wildman–Crippen LogP) is 3.25. The Kier molecular flexibility index (Phi) is 2.11. The molecule has 2 heteroatoms. The minimum absolute atomic E-state index is 0.918. The van der Waals surface area contributed by atoms with Crippen molar-refractivity contribution in [2.45, 2.75) is 0 Å². The Balaban J connectivity index is 2.18. The zero-order valence-corrected chi connectivity index (χ0v) is 8.67. The smallest absolute Gasteiger partial charge is 0.0900 e. The molecule has 3 rings (SSSR count). The molecule has 0 radical (unpaired) electrons. The van der Waals surface area contributed by atoms with Crippen LogP contribution in [0.15, 0.2) is 60.8 Å². The highest BCUT2D eigenvalue weighted by Gasteiger charge is 2.08. The Morgan fingerprint density at radius 2 is 1.50 bits per heavy atom. The molecule has 1 aromatic heterocycles. The Hall–Kier alpha value is -2.22. The first-order chi connectivity index (χ1) is 7.93. The van der Waals surface area contributed by atoms with Crippen LogP contribution in [0.4, 0.5) is 0 Å². The van der Waals surface area contributed by atoms with Gasteiger partial charge >= 0.3 is 0 Å². The molecule has 1 aromatic rings. The van der Waals surface area contributed by atoms with Crippen LogP contribution in [-0.4, -0.2) is 9.97 Å². The van der Waals surface area contributed by atoms with Gasteiger partial charge < -0.3 is 0 Å². The Morgan fingerprint density at radius 3 is 2.38 bits per heavy atom. The van der Waals surface area contributed by atoms with E-state index >= 15 is 0 Å². The Bertz CT molecular complexity index is 545. The van der Waals surface area contributed by atoms with Crippen LogP contribution in [0.2, 0.25) is 0 Å². The number of pyridine rings is 1. The van der Waals surface area contributed by atoms with E-state index < -0.39 is 0 Å². The van der Waals surface area contributed by atoms with E-state index in [1.807, 2.05) is 42.5 Å². The second-order valence-corrected chi connectivity index (χ2v) is 3.61. The maximum Gasteiger partial charge on any atom is 0.0900 e. The molecule has 2 nitrogen and oxygen atoms in total. The highest BCUT2D eigenvalue weighted by atomic mass is 14.8. The average Bonchev–Trinajstić information content (AvgIpc) is 2.62. The van der Waals surface area contributed by atoms with Crippen molar-refractivity contribution in [3.05, 3.63) is 60.8 Å². The van der Waals surface area contributed by atoms with Crippen LogP contribution in [0.25, 0.3) is 22.6 Å². The van der Waals surface area contributed by atoms with Gasteiger partial charge in [-0.1, -0.05) is 30.3 Å². The molecule has 0 atom stereocenters. The van der Waals surface area contributed by atoms with E-state index in [1.54, 1.807) is 6.20 Å². The van der Waals surface area contributed by atoms with Crippen LogP contribution in [0.3, 0.4) is 0 Å². The lowest BCUT2D eigenvalue weighted by Gasteiger charge is -1.92. The second-order valence-electron chi connectivity index (χ2n) is 3.61. The van der Waals surface area contributed by atoms with E-state index in [0.29, 0.717) is 0 Å². The standard InChI is InChI=1S/C14H10N2/c1-2-6-11-10-14(16-12(11)7-3-1)13-8-4-5-9-15-13/h1-10H. The zero-order chi connectivity index (χ0) is 10.8. The summed E-state index contributed by atoms with van der Waals surface area (Å²) < 4.78 is 0. The number of fused-ring (bicyclic) bond motifs is 1. The first kappa shape index (κ1) is 9.04.